The largest absolute Gasteiger partial charge is 0.506 e. The highest BCUT2D eigenvalue weighted by Gasteiger charge is 2.39. The number of phenols is 1. The molecule has 4 heteroatoms. The van der Waals surface area contributed by atoms with E-state index in [-0.39, 0.29) is 11.3 Å². The first-order valence-electron chi connectivity index (χ1n) is 10.8. The highest BCUT2D eigenvalue weighted by Crippen LogP contribution is 2.49. The van der Waals surface area contributed by atoms with Crippen molar-refractivity contribution in [1.29, 1.82) is 0 Å². The number of hydrogen-bond donors (Lipinski definition) is 1. The second-order valence-corrected chi connectivity index (χ2v) is 8.41. The summed E-state index contributed by atoms with van der Waals surface area (Å²) < 4.78 is 11.9. The number of methoxy groups -OCH3 is 1. The van der Waals surface area contributed by atoms with E-state index in [9.17, 15) is 9.90 Å². The Hall–Kier alpha value is -4.05. The van der Waals surface area contributed by atoms with Gasteiger partial charge in [-0.05, 0) is 26.0 Å². The van der Waals surface area contributed by atoms with E-state index in [1.54, 1.807) is 6.07 Å². The molecule has 4 nitrogen and oxygen atoms in total. The van der Waals surface area contributed by atoms with Crippen LogP contribution in [0.15, 0.2) is 78.9 Å². The molecule has 0 bridgehead atoms. The molecule has 0 aromatic heterocycles. The molecule has 4 aromatic rings. The number of benzene rings is 4. The maximum Gasteiger partial charge on any atom is 0.342 e. The molecule has 1 aliphatic heterocycles. The van der Waals surface area contributed by atoms with Crippen molar-refractivity contribution < 1.29 is 19.4 Å². The van der Waals surface area contributed by atoms with Gasteiger partial charge in [0.05, 0.1) is 7.11 Å². The molecule has 0 saturated carbocycles. The number of phenolic OH excluding ortho intramolecular Hbond substituents is 1. The zero-order valence-electron chi connectivity index (χ0n) is 18.8. The van der Waals surface area contributed by atoms with Crippen LogP contribution in [0.25, 0.3) is 16.8 Å². The highest BCUT2D eigenvalue weighted by molar-refractivity contribution is 6.08. The summed E-state index contributed by atoms with van der Waals surface area (Å²) in [6.07, 6.45) is 3.81. The first-order chi connectivity index (χ1) is 15.9. The zero-order chi connectivity index (χ0) is 23.2. The summed E-state index contributed by atoms with van der Waals surface area (Å²) in [5.41, 5.74) is 3.95. The SMILES string of the molecule is COC(=O)c1c2c(c3ccccc3c1O)OC(c1ccc(C)cc1)(c1ccc(C)cc1)C=C2. The Balaban J connectivity index is 1.83. The summed E-state index contributed by atoms with van der Waals surface area (Å²) in [6, 6.07) is 23.9. The fourth-order valence-electron chi connectivity index (χ4n) is 4.46. The molecule has 33 heavy (non-hydrogen) atoms. The summed E-state index contributed by atoms with van der Waals surface area (Å²) in [7, 11) is 1.31. The van der Waals surface area contributed by atoms with E-state index in [2.05, 4.69) is 48.5 Å². The lowest BCUT2D eigenvalue weighted by molar-refractivity contribution is 0.0596. The predicted octanol–water partition coefficient (Wildman–Crippen LogP) is 6.30. The Morgan fingerprint density at radius 1 is 0.848 bits per heavy atom. The lowest BCUT2D eigenvalue weighted by Gasteiger charge is -2.37. The van der Waals surface area contributed by atoms with Crippen LogP contribution in [0.1, 0.15) is 38.2 Å². The van der Waals surface area contributed by atoms with Gasteiger partial charge in [-0.15, -0.1) is 0 Å². The molecule has 0 radical (unpaired) electrons. The first-order valence-corrected chi connectivity index (χ1v) is 10.8. The molecule has 0 amide bonds. The lowest BCUT2D eigenvalue weighted by atomic mass is 9.82. The van der Waals surface area contributed by atoms with Crippen LogP contribution in [-0.2, 0) is 10.3 Å². The van der Waals surface area contributed by atoms with Gasteiger partial charge in [-0.2, -0.15) is 0 Å². The first kappa shape index (κ1) is 20.8. The summed E-state index contributed by atoms with van der Waals surface area (Å²) in [4.78, 5) is 12.7. The number of carbonyl (C=O) groups excluding carboxylic acids is 1. The second-order valence-electron chi connectivity index (χ2n) is 8.41. The van der Waals surface area contributed by atoms with Gasteiger partial charge in [0.2, 0.25) is 0 Å². The van der Waals surface area contributed by atoms with Gasteiger partial charge >= 0.3 is 5.97 Å². The number of esters is 1. The summed E-state index contributed by atoms with van der Waals surface area (Å²) in [6.45, 7) is 4.10. The maximum absolute atomic E-state index is 12.7. The van der Waals surface area contributed by atoms with Crippen molar-refractivity contribution in [2.75, 3.05) is 7.11 Å². The van der Waals surface area contributed by atoms with Crippen molar-refractivity contribution >= 4 is 22.8 Å². The molecule has 1 N–H and O–H groups in total. The molecule has 0 unspecified atom stereocenters. The van der Waals surface area contributed by atoms with Crippen LogP contribution in [0.2, 0.25) is 0 Å². The maximum atomic E-state index is 12.7. The van der Waals surface area contributed by atoms with Crippen molar-refractivity contribution in [2.45, 2.75) is 19.4 Å². The van der Waals surface area contributed by atoms with Crippen LogP contribution in [0.3, 0.4) is 0 Å². The standard InChI is InChI=1S/C29H24O4/c1-18-8-12-20(13-9-18)29(21-14-10-19(2)11-15-21)17-16-24-25(28(31)32-3)26(30)22-6-4-5-7-23(22)27(24)33-29/h4-17,30H,1-3H3. The van der Waals surface area contributed by atoms with Crippen LogP contribution in [0.4, 0.5) is 0 Å². The van der Waals surface area contributed by atoms with E-state index in [0.29, 0.717) is 16.7 Å². The fraction of sp³-hybridized carbons (Fsp3) is 0.138. The van der Waals surface area contributed by atoms with Crippen molar-refractivity contribution in [3.63, 3.8) is 0 Å². The quantitative estimate of drug-likeness (QED) is 0.383. The number of rotatable bonds is 3. The van der Waals surface area contributed by atoms with Gasteiger partial charge in [-0.3, -0.25) is 0 Å². The number of carbonyl (C=O) groups is 1. The van der Waals surface area contributed by atoms with Crippen LogP contribution < -0.4 is 4.74 Å². The Morgan fingerprint density at radius 3 is 1.94 bits per heavy atom. The third-order valence-electron chi connectivity index (χ3n) is 6.28. The Kier molecular flexibility index (Phi) is 4.94. The molecule has 5 rings (SSSR count). The van der Waals surface area contributed by atoms with Gasteiger partial charge in [0.15, 0.2) is 5.60 Å². The summed E-state index contributed by atoms with van der Waals surface area (Å²) in [5, 5.41) is 12.2. The van der Waals surface area contributed by atoms with Gasteiger partial charge in [0, 0.05) is 27.5 Å². The van der Waals surface area contributed by atoms with E-state index in [0.717, 1.165) is 27.6 Å². The molecule has 0 aliphatic carbocycles. The molecule has 164 valence electrons. The molecule has 0 fully saturated rings. The monoisotopic (exact) mass is 436 g/mol. The average molecular weight is 437 g/mol. The van der Waals surface area contributed by atoms with Gasteiger partial charge in [-0.25, -0.2) is 4.79 Å². The minimum Gasteiger partial charge on any atom is -0.506 e. The normalized spacial score (nSPS) is 13.9. The topological polar surface area (TPSA) is 55.8 Å². The van der Waals surface area contributed by atoms with Crippen molar-refractivity contribution in [3.8, 4) is 11.5 Å². The fourth-order valence-corrected chi connectivity index (χ4v) is 4.46. The average Bonchev–Trinajstić information content (AvgIpc) is 2.85. The minimum atomic E-state index is -0.901. The number of fused-ring (bicyclic) bond motifs is 3. The Bertz CT molecular complexity index is 1350. The molecule has 1 heterocycles. The van der Waals surface area contributed by atoms with Gasteiger partial charge in [0.25, 0.3) is 0 Å². The predicted molar refractivity (Wildman–Crippen MR) is 130 cm³/mol. The van der Waals surface area contributed by atoms with Crippen LogP contribution in [0.5, 0.6) is 11.5 Å². The summed E-state index contributed by atoms with van der Waals surface area (Å²) >= 11 is 0. The molecule has 0 saturated heterocycles. The lowest BCUT2D eigenvalue weighted by Crippen LogP contribution is -2.34. The summed E-state index contributed by atoms with van der Waals surface area (Å²) in [5.74, 6) is -0.184. The molecule has 4 aromatic carbocycles. The third-order valence-corrected chi connectivity index (χ3v) is 6.28. The van der Waals surface area contributed by atoms with E-state index in [4.69, 9.17) is 9.47 Å². The van der Waals surface area contributed by atoms with Gasteiger partial charge in [0.1, 0.15) is 17.1 Å². The zero-order valence-corrected chi connectivity index (χ0v) is 18.8. The number of aromatic hydroxyl groups is 1. The smallest absolute Gasteiger partial charge is 0.342 e. The molecule has 0 atom stereocenters. The van der Waals surface area contributed by atoms with E-state index >= 15 is 0 Å². The van der Waals surface area contributed by atoms with Crippen LogP contribution in [-0.4, -0.2) is 18.2 Å². The number of aryl methyl sites for hydroxylation is 2. The molecule has 0 spiro atoms. The van der Waals surface area contributed by atoms with E-state index in [1.807, 2.05) is 44.2 Å². The van der Waals surface area contributed by atoms with E-state index in [1.165, 1.54) is 7.11 Å². The molecular weight excluding hydrogens is 412 g/mol. The van der Waals surface area contributed by atoms with Crippen molar-refractivity contribution in [2.24, 2.45) is 0 Å². The Morgan fingerprint density at radius 2 is 1.39 bits per heavy atom. The van der Waals surface area contributed by atoms with Crippen molar-refractivity contribution in [1.82, 2.24) is 0 Å². The molecular formula is C29H24O4. The van der Waals surface area contributed by atoms with Crippen LogP contribution >= 0.6 is 0 Å². The second kappa shape index (κ2) is 7.82. The Labute approximate surface area is 192 Å². The third kappa shape index (κ3) is 3.26. The number of ether oxygens (including phenoxy) is 2. The molecule has 1 aliphatic rings. The van der Waals surface area contributed by atoms with Crippen LogP contribution in [0, 0.1) is 13.8 Å². The van der Waals surface area contributed by atoms with Crippen molar-refractivity contribution in [3.05, 3.63) is 112 Å². The number of hydrogen-bond acceptors (Lipinski definition) is 4. The highest BCUT2D eigenvalue weighted by atomic mass is 16.5. The van der Waals surface area contributed by atoms with Gasteiger partial charge < -0.3 is 14.6 Å². The van der Waals surface area contributed by atoms with E-state index < -0.39 is 11.6 Å². The minimum absolute atomic E-state index is 0.101. The van der Waals surface area contributed by atoms with Gasteiger partial charge in [-0.1, -0.05) is 83.9 Å².